The molecule has 1 aromatic carbocycles. The van der Waals surface area contributed by atoms with Crippen LogP contribution in [0.5, 0.6) is 0 Å². The van der Waals surface area contributed by atoms with Crippen LogP contribution in [0.25, 0.3) is 0 Å². The molecule has 0 atom stereocenters. The Morgan fingerprint density at radius 1 is 1.29 bits per heavy atom. The van der Waals surface area contributed by atoms with Crippen molar-refractivity contribution in [2.24, 2.45) is 0 Å². The smallest absolute Gasteiger partial charge is 0.321 e. The lowest BCUT2D eigenvalue weighted by atomic mass is 10.1. The van der Waals surface area contributed by atoms with E-state index in [9.17, 15) is 14.9 Å². The van der Waals surface area contributed by atoms with E-state index in [1.54, 1.807) is 12.1 Å². The molecule has 10 heteroatoms. The Labute approximate surface area is 147 Å². The summed E-state index contributed by atoms with van der Waals surface area (Å²) in [5.74, 6) is 0.612. The summed E-state index contributed by atoms with van der Waals surface area (Å²) in [6.07, 6.45) is 0. The zero-order chi connectivity index (χ0) is 17.7. The number of nitrogens with one attached hydrogen (secondary N) is 2. The summed E-state index contributed by atoms with van der Waals surface area (Å²) in [6, 6.07) is 6.04. The number of carbonyl (C=O) groups excluding carboxylic acids is 1. The molecule has 0 saturated carbocycles. The van der Waals surface area contributed by atoms with E-state index >= 15 is 0 Å². The fraction of sp³-hybridized carbons (Fsp3) is 0.357. The van der Waals surface area contributed by atoms with Gasteiger partial charge in [0.25, 0.3) is 5.69 Å². The Balaban J connectivity index is 1.87. The van der Waals surface area contributed by atoms with E-state index < -0.39 is 4.92 Å². The second-order valence-electron chi connectivity index (χ2n) is 5.91. The van der Waals surface area contributed by atoms with Crippen molar-refractivity contribution in [3.05, 3.63) is 39.9 Å². The van der Waals surface area contributed by atoms with Crippen LogP contribution in [-0.4, -0.2) is 26.7 Å². The van der Waals surface area contributed by atoms with Gasteiger partial charge in [-0.3, -0.25) is 15.4 Å². The van der Waals surface area contributed by atoms with Crippen LogP contribution in [0.15, 0.2) is 28.6 Å². The lowest BCUT2D eigenvalue weighted by Crippen LogP contribution is -2.43. The van der Waals surface area contributed by atoms with Gasteiger partial charge < -0.3 is 5.32 Å². The average Bonchev–Trinajstić information content (AvgIpc) is 2.91. The summed E-state index contributed by atoms with van der Waals surface area (Å²) in [5.41, 5.74) is 0.680. The van der Waals surface area contributed by atoms with Gasteiger partial charge in [-0.25, -0.2) is 4.79 Å². The van der Waals surface area contributed by atoms with Gasteiger partial charge in [0.05, 0.1) is 4.92 Å². The summed E-state index contributed by atoms with van der Waals surface area (Å²) in [7, 11) is 0. The summed E-state index contributed by atoms with van der Waals surface area (Å²) in [4.78, 5) is 21.9. The maximum atomic E-state index is 11.8. The monoisotopic (exact) mass is 367 g/mol. The van der Waals surface area contributed by atoms with Crippen LogP contribution in [0.4, 0.5) is 15.6 Å². The second-order valence-corrected chi connectivity index (χ2v) is 8.11. The van der Waals surface area contributed by atoms with Gasteiger partial charge in [-0.2, -0.15) is 0 Å². The molecule has 128 valence electrons. The van der Waals surface area contributed by atoms with Gasteiger partial charge in [-0.15, -0.1) is 10.2 Å². The van der Waals surface area contributed by atoms with Crippen molar-refractivity contribution in [3.8, 4) is 0 Å². The third-order valence-electron chi connectivity index (χ3n) is 2.62. The molecule has 0 bridgehead atoms. The molecule has 0 fully saturated rings. The minimum atomic E-state index is -0.428. The number of nitro groups is 1. The molecule has 2 N–H and O–H groups in total. The van der Waals surface area contributed by atoms with Gasteiger partial charge >= 0.3 is 6.03 Å². The summed E-state index contributed by atoms with van der Waals surface area (Å²) < 4.78 is 0.708. The fourth-order valence-electron chi connectivity index (χ4n) is 1.65. The number of urea groups is 1. The molecule has 0 unspecified atom stereocenters. The quantitative estimate of drug-likeness (QED) is 0.361. The molecular weight excluding hydrogens is 350 g/mol. The topological polar surface area (TPSA) is 110 Å². The zero-order valence-corrected chi connectivity index (χ0v) is 15.0. The van der Waals surface area contributed by atoms with Crippen molar-refractivity contribution in [1.82, 2.24) is 15.5 Å². The average molecular weight is 367 g/mol. The number of non-ortho nitro benzene ring substituents is 1. The highest BCUT2D eigenvalue weighted by atomic mass is 32.2. The van der Waals surface area contributed by atoms with E-state index in [2.05, 4.69) is 20.8 Å². The van der Waals surface area contributed by atoms with Crippen LogP contribution in [0.2, 0.25) is 0 Å². The summed E-state index contributed by atoms with van der Waals surface area (Å²) >= 11 is 2.73. The van der Waals surface area contributed by atoms with Crippen molar-refractivity contribution in [3.63, 3.8) is 0 Å². The molecule has 0 saturated heterocycles. The van der Waals surface area contributed by atoms with Gasteiger partial charge in [0.2, 0.25) is 5.13 Å². The van der Waals surface area contributed by atoms with Crippen LogP contribution in [0.1, 0.15) is 26.3 Å². The lowest BCUT2D eigenvalue weighted by molar-refractivity contribution is -0.384. The molecule has 0 aliphatic rings. The second kappa shape index (κ2) is 7.58. The maximum absolute atomic E-state index is 11.8. The van der Waals surface area contributed by atoms with Gasteiger partial charge in [0.15, 0.2) is 4.34 Å². The molecule has 2 aromatic rings. The highest BCUT2D eigenvalue weighted by molar-refractivity contribution is 8.00. The third-order valence-corrected chi connectivity index (χ3v) is 4.67. The SMILES string of the molecule is CC(C)(C)NC(=O)Nc1nnc(SCc2ccc([N+](=O)[O-])cc2)s1. The number of aromatic nitrogens is 2. The Bertz CT molecular complexity index is 725. The minimum absolute atomic E-state index is 0.0658. The number of nitrogens with zero attached hydrogens (tertiary/aromatic N) is 3. The summed E-state index contributed by atoms with van der Waals surface area (Å²) in [5, 5.41) is 24.4. The Hall–Kier alpha value is -2.20. The molecular formula is C14H17N5O3S2. The maximum Gasteiger partial charge on any atom is 0.321 e. The Morgan fingerprint density at radius 3 is 2.54 bits per heavy atom. The molecule has 2 amide bonds. The third kappa shape index (κ3) is 5.78. The molecule has 1 heterocycles. The number of carbonyl (C=O) groups is 1. The van der Waals surface area contributed by atoms with Crippen LogP contribution in [-0.2, 0) is 5.75 Å². The fourth-order valence-corrected chi connectivity index (χ4v) is 3.35. The highest BCUT2D eigenvalue weighted by Crippen LogP contribution is 2.28. The predicted octanol–water partition coefficient (Wildman–Crippen LogP) is 3.66. The number of hydrogen-bond donors (Lipinski definition) is 2. The number of amides is 2. The van der Waals surface area contributed by atoms with Gasteiger partial charge in [-0.1, -0.05) is 35.2 Å². The van der Waals surface area contributed by atoms with Crippen molar-refractivity contribution in [2.45, 2.75) is 36.4 Å². The van der Waals surface area contributed by atoms with Crippen LogP contribution < -0.4 is 10.6 Å². The Morgan fingerprint density at radius 2 is 1.96 bits per heavy atom. The van der Waals surface area contributed by atoms with E-state index in [0.29, 0.717) is 15.2 Å². The highest BCUT2D eigenvalue weighted by Gasteiger charge is 2.15. The van der Waals surface area contributed by atoms with Gasteiger partial charge in [-0.05, 0) is 26.3 Å². The molecule has 2 rings (SSSR count). The van der Waals surface area contributed by atoms with Crippen molar-refractivity contribution >= 4 is 39.9 Å². The molecule has 0 spiro atoms. The first-order valence-corrected chi connectivity index (χ1v) is 8.82. The van der Waals surface area contributed by atoms with Gasteiger partial charge in [0, 0.05) is 23.4 Å². The number of anilines is 1. The minimum Gasteiger partial charge on any atom is -0.333 e. The number of nitro benzene ring substituents is 1. The molecule has 0 aliphatic carbocycles. The van der Waals surface area contributed by atoms with E-state index in [4.69, 9.17) is 0 Å². The Kier molecular flexibility index (Phi) is 5.73. The van der Waals surface area contributed by atoms with Crippen LogP contribution in [0, 0.1) is 10.1 Å². The first-order chi connectivity index (χ1) is 11.2. The van der Waals surface area contributed by atoms with Crippen molar-refractivity contribution in [2.75, 3.05) is 5.32 Å². The zero-order valence-electron chi connectivity index (χ0n) is 13.4. The largest absolute Gasteiger partial charge is 0.333 e. The van der Waals surface area contributed by atoms with E-state index in [1.165, 1.54) is 35.2 Å². The standard InChI is InChI=1S/C14H17N5O3S2/c1-14(2,3)16-11(20)15-12-17-18-13(24-12)23-8-9-4-6-10(7-5-9)19(21)22/h4-7H,8H2,1-3H3,(H2,15,16,17,20). The predicted molar refractivity (Wildman–Crippen MR) is 94.5 cm³/mol. The normalized spacial score (nSPS) is 11.1. The first kappa shape index (κ1) is 18.1. The number of benzene rings is 1. The molecule has 0 radical (unpaired) electrons. The first-order valence-electron chi connectivity index (χ1n) is 7.02. The van der Waals surface area contributed by atoms with E-state index in [-0.39, 0.29) is 17.3 Å². The van der Waals surface area contributed by atoms with Crippen molar-refractivity contribution in [1.29, 1.82) is 0 Å². The molecule has 8 nitrogen and oxygen atoms in total. The van der Waals surface area contributed by atoms with Crippen LogP contribution >= 0.6 is 23.1 Å². The molecule has 0 aliphatic heterocycles. The molecule has 24 heavy (non-hydrogen) atoms. The molecule has 1 aromatic heterocycles. The van der Waals surface area contributed by atoms with Crippen LogP contribution in [0.3, 0.4) is 0 Å². The van der Waals surface area contributed by atoms with Gasteiger partial charge in [0.1, 0.15) is 0 Å². The van der Waals surface area contributed by atoms with Crippen molar-refractivity contribution < 1.29 is 9.72 Å². The summed E-state index contributed by atoms with van der Waals surface area (Å²) in [6.45, 7) is 5.66. The number of rotatable bonds is 5. The number of thioether (sulfide) groups is 1. The van der Waals surface area contributed by atoms with E-state index in [0.717, 1.165) is 5.56 Å². The number of hydrogen-bond acceptors (Lipinski definition) is 7. The van der Waals surface area contributed by atoms with E-state index in [1.807, 2.05) is 20.8 Å². The lowest BCUT2D eigenvalue weighted by Gasteiger charge is -2.19.